The van der Waals surface area contributed by atoms with Gasteiger partial charge in [0.2, 0.25) is 0 Å². The van der Waals surface area contributed by atoms with Crippen molar-refractivity contribution in [1.29, 1.82) is 0 Å². The number of halogens is 1. The van der Waals surface area contributed by atoms with Gasteiger partial charge in [0.05, 0.1) is 17.8 Å². The van der Waals surface area contributed by atoms with E-state index in [1.807, 2.05) is 0 Å². The van der Waals surface area contributed by atoms with Gasteiger partial charge in [0, 0.05) is 11.2 Å². The molecule has 3 rings (SSSR count). The number of rotatable bonds is 5. The lowest BCUT2D eigenvalue weighted by Gasteiger charge is -2.39. The summed E-state index contributed by atoms with van der Waals surface area (Å²) >= 11 is 3.82. The van der Waals surface area contributed by atoms with Gasteiger partial charge < -0.3 is 9.84 Å². The van der Waals surface area contributed by atoms with Crippen LogP contribution in [0.4, 0.5) is 0 Å². The number of aliphatic hydroxyl groups is 1. The Morgan fingerprint density at radius 3 is 2.48 bits per heavy atom. The Balaban J connectivity index is 1.52. The Bertz CT molecular complexity index is 470. The summed E-state index contributed by atoms with van der Waals surface area (Å²) in [5, 5.41) is 10.8. The summed E-state index contributed by atoms with van der Waals surface area (Å²) in [6.45, 7) is 0. The molecule has 1 aromatic rings. The van der Waals surface area contributed by atoms with Gasteiger partial charge in [-0.3, -0.25) is 0 Å². The van der Waals surface area contributed by atoms with Gasteiger partial charge in [-0.25, -0.2) is 0 Å². The highest BCUT2D eigenvalue weighted by atomic mass is 79.9. The van der Waals surface area contributed by atoms with Gasteiger partial charge in [-0.2, -0.15) is 0 Å². The summed E-state index contributed by atoms with van der Waals surface area (Å²) in [6, 6.07) is 10.7. The highest BCUT2D eigenvalue weighted by Gasteiger charge is 2.36. The van der Waals surface area contributed by atoms with E-state index in [0.717, 1.165) is 44.9 Å². The molecular formula is C20H29BrO2. The minimum absolute atomic E-state index is 0.206. The van der Waals surface area contributed by atoms with E-state index in [2.05, 4.69) is 46.3 Å². The zero-order chi connectivity index (χ0) is 16.1. The van der Waals surface area contributed by atoms with Crippen LogP contribution in [0.3, 0.4) is 0 Å². The van der Waals surface area contributed by atoms with Gasteiger partial charge in [-0.15, -0.1) is 0 Å². The van der Waals surface area contributed by atoms with E-state index in [1.165, 1.54) is 24.8 Å². The average Bonchev–Trinajstić information content (AvgIpc) is 2.54. The molecule has 2 nitrogen and oxygen atoms in total. The van der Waals surface area contributed by atoms with Crippen molar-refractivity contribution in [2.75, 3.05) is 0 Å². The first-order valence-corrected chi connectivity index (χ1v) is 10.1. The molecule has 1 saturated heterocycles. The number of hydrogen-bond acceptors (Lipinski definition) is 2. The first kappa shape index (κ1) is 17.4. The van der Waals surface area contributed by atoms with Gasteiger partial charge in [-0.1, -0.05) is 65.5 Å². The molecule has 1 aliphatic heterocycles. The highest BCUT2D eigenvalue weighted by molar-refractivity contribution is 9.09. The number of aryl methyl sites for hydroxylation is 1. The molecule has 3 atom stereocenters. The summed E-state index contributed by atoms with van der Waals surface area (Å²) in [5.74, 6) is 0. The normalized spacial score (nSPS) is 31.0. The Kier molecular flexibility index (Phi) is 6.17. The second kappa shape index (κ2) is 8.13. The molecule has 1 aliphatic carbocycles. The fraction of sp³-hybridized carbons (Fsp3) is 0.700. The maximum absolute atomic E-state index is 10.8. The van der Waals surface area contributed by atoms with Crippen molar-refractivity contribution in [3.05, 3.63) is 35.9 Å². The second-order valence-corrected chi connectivity index (χ2v) is 8.76. The molecule has 128 valence electrons. The standard InChI is InChI=1S/C20H29BrO2/c21-17-13-18(10-9-16-7-3-1-4-8-16)23-19(14-17)15-20(22)11-5-2-6-12-20/h1,3-4,7-8,17-19,22H,2,5-6,9-15H2/t17-,18+,19+/m1/s1. The number of benzene rings is 1. The van der Waals surface area contributed by atoms with E-state index in [9.17, 15) is 5.11 Å². The second-order valence-electron chi connectivity index (χ2n) is 7.46. The van der Waals surface area contributed by atoms with Crippen LogP contribution in [0.25, 0.3) is 0 Å². The summed E-state index contributed by atoms with van der Waals surface area (Å²) in [7, 11) is 0. The van der Waals surface area contributed by atoms with Crippen molar-refractivity contribution in [2.45, 2.75) is 86.8 Å². The summed E-state index contributed by atoms with van der Waals surface area (Å²) < 4.78 is 6.36. The molecule has 23 heavy (non-hydrogen) atoms. The summed E-state index contributed by atoms with van der Waals surface area (Å²) in [6.07, 6.45) is 11.1. The van der Waals surface area contributed by atoms with E-state index in [4.69, 9.17) is 4.74 Å². The number of hydrogen-bond donors (Lipinski definition) is 1. The Morgan fingerprint density at radius 1 is 1.04 bits per heavy atom. The van der Waals surface area contributed by atoms with Gasteiger partial charge in [0.15, 0.2) is 0 Å². The van der Waals surface area contributed by atoms with Crippen molar-refractivity contribution in [3.8, 4) is 0 Å². The van der Waals surface area contributed by atoms with E-state index in [0.29, 0.717) is 10.9 Å². The molecular weight excluding hydrogens is 352 g/mol. The molecule has 0 amide bonds. The quantitative estimate of drug-likeness (QED) is 0.726. The van der Waals surface area contributed by atoms with E-state index < -0.39 is 5.60 Å². The Morgan fingerprint density at radius 2 is 1.74 bits per heavy atom. The van der Waals surface area contributed by atoms with E-state index in [-0.39, 0.29) is 6.10 Å². The van der Waals surface area contributed by atoms with Crippen LogP contribution in [0.1, 0.15) is 63.4 Å². The monoisotopic (exact) mass is 380 g/mol. The molecule has 0 unspecified atom stereocenters. The largest absolute Gasteiger partial charge is 0.390 e. The number of alkyl halides is 1. The van der Waals surface area contributed by atoms with Gasteiger partial charge in [-0.05, 0) is 44.1 Å². The molecule has 0 bridgehead atoms. The van der Waals surface area contributed by atoms with Crippen LogP contribution in [-0.4, -0.2) is 27.7 Å². The van der Waals surface area contributed by atoms with Crippen molar-refractivity contribution in [3.63, 3.8) is 0 Å². The third kappa shape index (κ3) is 5.30. The van der Waals surface area contributed by atoms with Crippen molar-refractivity contribution >= 4 is 15.9 Å². The smallest absolute Gasteiger partial charge is 0.0672 e. The minimum Gasteiger partial charge on any atom is -0.390 e. The van der Waals surface area contributed by atoms with E-state index >= 15 is 0 Å². The van der Waals surface area contributed by atoms with Crippen LogP contribution in [0, 0.1) is 0 Å². The van der Waals surface area contributed by atoms with Crippen molar-refractivity contribution < 1.29 is 9.84 Å². The topological polar surface area (TPSA) is 29.5 Å². The predicted octanol–water partition coefficient (Wildman–Crippen LogP) is 5.02. The predicted molar refractivity (Wildman–Crippen MR) is 98.0 cm³/mol. The minimum atomic E-state index is -0.475. The third-order valence-corrected chi connectivity index (χ3v) is 6.16. The summed E-state index contributed by atoms with van der Waals surface area (Å²) in [4.78, 5) is 0.522. The maximum atomic E-state index is 10.8. The van der Waals surface area contributed by atoms with E-state index in [1.54, 1.807) is 0 Å². The molecule has 3 heteroatoms. The molecule has 0 radical (unpaired) electrons. The first-order valence-electron chi connectivity index (χ1n) is 9.19. The third-order valence-electron chi connectivity index (χ3n) is 5.41. The van der Waals surface area contributed by atoms with Crippen LogP contribution < -0.4 is 0 Å². The van der Waals surface area contributed by atoms with Gasteiger partial charge >= 0.3 is 0 Å². The highest BCUT2D eigenvalue weighted by Crippen LogP contribution is 2.37. The maximum Gasteiger partial charge on any atom is 0.0672 e. The molecule has 2 aliphatic rings. The first-order chi connectivity index (χ1) is 11.1. The molecule has 2 fully saturated rings. The zero-order valence-corrected chi connectivity index (χ0v) is 15.5. The molecule has 1 heterocycles. The molecule has 1 N–H and O–H groups in total. The van der Waals surface area contributed by atoms with Crippen LogP contribution in [0.5, 0.6) is 0 Å². The van der Waals surface area contributed by atoms with Crippen LogP contribution in [0.2, 0.25) is 0 Å². The lowest BCUT2D eigenvalue weighted by molar-refractivity contribution is -0.102. The molecule has 1 saturated carbocycles. The SMILES string of the molecule is OC1(C[C@@H]2C[C@H](Br)C[C@H](CCc3ccccc3)O2)CCCCC1. The number of ether oxygens (including phenoxy) is 1. The molecule has 0 spiro atoms. The Hall–Kier alpha value is -0.380. The van der Waals surface area contributed by atoms with Crippen molar-refractivity contribution in [2.24, 2.45) is 0 Å². The lowest BCUT2D eigenvalue weighted by Crippen LogP contribution is -2.41. The summed E-state index contributed by atoms with van der Waals surface area (Å²) in [5.41, 5.74) is 0.909. The fourth-order valence-electron chi connectivity index (χ4n) is 4.18. The average molecular weight is 381 g/mol. The van der Waals surface area contributed by atoms with Crippen LogP contribution in [0.15, 0.2) is 30.3 Å². The van der Waals surface area contributed by atoms with Gasteiger partial charge in [0.1, 0.15) is 0 Å². The molecule has 1 aromatic carbocycles. The lowest BCUT2D eigenvalue weighted by atomic mass is 9.79. The fourth-order valence-corrected chi connectivity index (χ4v) is 5.01. The molecule has 0 aromatic heterocycles. The Labute approximate surface area is 148 Å². The zero-order valence-electron chi connectivity index (χ0n) is 13.9. The van der Waals surface area contributed by atoms with Gasteiger partial charge in [0.25, 0.3) is 0 Å². The van der Waals surface area contributed by atoms with Crippen LogP contribution in [-0.2, 0) is 11.2 Å². The van der Waals surface area contributed by atoms with Crippen molar-refractivity contribution in [1.82, 2.24) is 0 Å². The van der Waals surface area contributed by atoms with Crippen LogP contribution >= 0.6 is 15.9 Å².